The molecule has 0 unspecified atom stereocenters. The van der Waals surface area contributed by atoms with Crippen LogP contribution in [-0.2, 0) is 13.1 Å². The van der Waals surface area contributed by atoms with Gasteiger partial charge in [-0.25, -0.2) is 9.37 Å². The molecule has 0 atom stereocenters. The number of carbonyl (C=O) groups is 1. The van der Waals surface area contributed by atoms with Gasteiger partial charge in [0.2, 0.25) is 0 Å². The molecule has 0 fully saturated rings. The van der Waals surface area contributed by atoms with Gasteiger partial charge in [0.05, 0.1) is 12.7 Å². The number of pyridine rings is 1. The van der Waals surface area contributed by atoms with Gasteiger partial charge in [-0.1, -0.05) is 41.9 Å². The Morgan fingerprint density at radius 2 is 1.75 bits per heavy atom. The first-order valence-corrected chi connectivity index (χ1v) is 11.4. The molecule has 1 aromatic heterocycles. The number of rotatable bonds is 9. The number of methoxy groups -OCH3 is 1. The number of nitrogen functional groups attached to an aromatic ring is 1. The van der Waals surface area contributed by atoms with Crippen LogP contribution in [0.25, 0.3) is 0 Å². The molecular formula is C27H26BFN4O3. The molecule has 7 nitrogen and oxygen atoms in total. The van der Waals surface area contributed by atoms with Gasteiger partial charge < -0.3 is 25.8 Å². The molecule has 1 amide bonds. The number of benzene rings is 3. The van der Waals surface area contributed by atoms with Gasteiger partial charge in [-0.3, -0.25) is 4.79 Å². The molecule has 0 bridgehead atoms. The van der Waals surface area contributed by atoms with E-state index in [0.29, 0.717) is 35.7 Å². The van der Waals surface area contributed by atoms with Crippen LogP contribution in [0.4, 0.5) is 15.9 Å². The minimum Gasteiger partial charge on any atom is -0.497 e. The highest BCUT2D eigenvalue weighted by atomic mass is 19.1. The molecule has 9 heteroatoms. The van der Waals surface area contributed by atoms with Crippen LogP contribution in [0.15, 0.2) is 79.0 Å². The normalized spacial score (nSPS) is 10.6. The van der Waals surface area contributed by atoms with Crippen LogP contribution in [0.3, 0.4) is 0 Å². The smallest absolute Gasteiger partial charge is 0.255 e. The standard InChI is InChI=1S/C27H26BFN4O3/c1-35-21-9-2-17(3-10-21)15-31-16-22-24(12-13-32-26(22)30)36-25-11-8-20(14-23(25)29)33-27(34)18-4-6-19(28)7-5-18/h2-14,31H,15-16,28H2,1H3,(H2,30,32)(H,33,34). The van der Waals surface area contributed by atoms with Crippen molar-refractivity contribution in [3.63, 3.8) is 0 Å². The predicted molar refractivity (Wildman–Crippen MR) is 141 cm³/mol. The average molecular weight is 484 g/mol. The van der Waals surface area contributed by atoms with Gasteiger partial charge in [0.25, 0.3) is 5.91 Å². The van der Waals surface area contributed by atoms with Gasteiger partial charge in [0.15, 0.2) is 11.6 Å². The molecule has 0 aliphatic heterocycles. The van der Waals surface area contributed by atoms with E-state index in [0.717, 1.165) is 16.8 Å². The SMILES string of the molecule is Bc1ccc(C(=O)Nc2ccc(Oc3ccnc(N)c3CNCc3ccc(OC)cc3)c(F)c2)cc1. The second-order valence-corrected chi connectivity index (χ2v) is 8.19. The number of carbonyl (C=O) groups excluding carboxylic acids is 1. The molecule has 4 aromatic rings. The first-order valence-electron chi connectivity index (χ1n) is 11.4. The van der Waals surface area contributed by atoms with Crippen molar-refractivity contribution in [2.75, 3.05) is 18.2 Å². The minimum atomic E-state index is -0.621. The Bertz CT molecular complexity index is 1350. The van der Waals surface area contributed by atoms with Crippen molar-refractivity contribution in [3.05, 3.63) is 102 Å². The van der Waals surface area contributed by atoms with Gasteiger partial charge in [0.1, 0.15) is 25.2 Å². The Balaban J connectivity index is 1.42. The molecule has 4 rings (SSSR count). The number of hydrogen-bond donors (Lipinski definition) is 3. The molecule has 182 valence electrons. The van der Waals surface area contributed by atoms with Crippen LogP contribution >= 0.6 is 0 Å². The average Bonchev–Trinajstić information content (AvgIpc) is 2.88. The summed E-state index contributed by atoms with van der Waals surface area (Å²) >= 11 is 0. The monoisotopic (exact) mass is 484 g/mol. The fraction of sp³-hybridized carbons (Fsp3) is 0.111. The van der Waals surface area contributed by atoms with E-state index in [9.17, 15) is 9.18 Å². The van der Waals surface area contributed by atoms with Crippen molar-refractivity contribution in [2.24, 2.45) is 0 Å². The number of aromatic nitrogens is 1. The van der Waals surface area contributed by atoms with E-state index >= 15 is 0 Å². The number of nitrogens with one attached hydrogen (secondary N) is 2. The topological polar surface area (TPSA) is 98.5 Å². The molecule has 1 heterocycles. The number of anilines is 2. The summed E-state index contributed by atoms with van der Waals surface area (Å²) in [6, 6.07) is 20.7. The Morgan fingerprint density at radius 3 is 2.44 bits per heavy atom. The maximum Gasteiger partial charge on any atom is 0.255 e. The summed E-state index contributed by atoms with van der Waals surface area (Å²) in [4.78, 5) is 16.6. The summed E-state index contributed by atoms with van der Waals surface area (Å²) in [5.74, 6) is 0.524. The van der Waals surface area contributed by atoms with Crippen molar-refractivity contribution < 1.29 is 18.7 Å². The zero-order valence-corrected chi connectivity index (χ0v) is 20.0. The van der Waals surface area contributed by atoms with E-state index in [4.69, 9.17) is 15.2 Å². The number of nitrogens with two attached hydrogens (primary N) is 1. The Morgan fingerprint density at radius 1 is 1.00 bits per heavy atom. The van der Waals surface area contributed by atoms with Crippen LogP contribution in [0.1, 0.15) is 21.5 Å². The highest BCUT2D eigenvalue weighted by molar-refractivity contribution is 6.32. The fourth-order valence-electron chi connectivity index (χ4n) is 3.53. The maximum absolute atomic E-state index is 14.9. The third-order valence-electron chi connectivity index (χ3n) is 5.56. The Kier molecular flexibility index (Phi) is 7.82. The number of ether oxygens (including phenoxy) is 2. The summed E-state index contributed by atoms with van der Waals surface area (Å²) in [6.45, 7) is 0.953. The summed E-state index contributed by atoms with van der Waals surface area (Å²) in [5.41, 5.74) is 9.62. The van der Waals surface area contributed by atoms with Crippen molar-refractivity contribution in [1.29, 1.82) is 0 Å². The zero-order chi connectivity index (χ0) is 25.5. The molecule has 4 N–H and O–H groups in total. The van der Waals surface area contributed by atoms with Crippen LogP contribution in [0.2, 0.25) is 0 Å². The van der Waals surface area contributed by atoms with Gasteiger partial charge >= 0.3 is 0 Å². The van der Waals surface area contributed by atoms with E-state index in [1.807, 2.05) is 44.2 Å². The van der Waals surface area contributed by atoms with Crippen LogP contribution < -0.4 is 31.3 Å². The predicted octanol–water partition coefficient (Wildman–Crippen LogP) is 3.40. The highest BCUT2D eigenvalue weighted by Gasteiger charge is 2.14. The lowest BCUT2D eigenvalue weighted by molar-refractivity contribution is 0.102. The molecule has 0 radical (unpaired) electrons. The van der Waals surface area contributed by atoms with Gasteiger partial charge in [-0.05, 0) is 35.9 Å². The first kappa shape index (κ1) is 24.7. The van der Waals surface area contributed by atoms with Crippen molar-refractivity contribution in [2.45, 2.75) is 13.1 Å². The van der Waals surface area contributed by atoms with E-state index in [1.165, 1.54) is 18.3 Å². The van der Waals surface area contributed by atoms with E-state index in [-0.39, 0.29) is 17.5 Å². The summed E-state index contributed by atoms with van der Waals surface area (Å²) in [5, 5.41) is 6.00. The van der Waals surface area contributed by atoms with Crippen LogP contribution in [0, 0.1) is 5.82 Å². The maximum atomic E-state index is 14.9. The lowest BCUT2D eigenvalue weighted by Gasteiger charge is -2.15. The third-order valence-corrected chi connectivity index (χ3v) is 5.56. The number of hydrogen-bond acceptors (Lipinski definition) is 6. The van der Waals surface area contributed by atoms with Gasteiger partial charge in [0, 0.05) is 36.6 Å². The number of nitrogens with zero attached hydrogens (tertiary/aromatic N) is 1. The zero-order valence-electron chi connectivity index (χ0n) is 20.0. The molecule has 3 aromatic carbocycles. The minimum absolute atomic E-state index is 0.00494. The van der Waals surface area contributed by atoms with Crippen LogP contribution in [0.5, 0.6) is 17.2 Å². The summed E-state index contributed by atoms with van der Waals surface area (Å²) < 4.78 is 25.9. The number of halogens is 1. The second-order valence-electron chi connectivity index (χ2n) is 8.19. The molecule has 0 saturated heterocycles. The molecule has 0 saturated carbocycles. The molecular weight excluding hydrogens is 458 g/mol. The largest absolute Gasteiger partial charge is 0.497 e. The second kappa shape index (κ2) is 11.4. The van der Waals surface area contributed by atoms with Gasteiger partial charge in [-0.15, -0.1) is 0 Å². The van der Waals surface area contributed by atoms with Gasteiger partial charge in [-0.2, -0.15) is 0 Å². The summed E-state index contributed by atoms with van der Waals surface area (Å²) in [7, 11) is 3.56. The number of amides is 1. The Hall–Kier alpha value is -4.37. The lowest BCUT2D eigenvalue weighted by atomic mass is 9.95. The van der Waals surface area contributed by atoms with Crippen molar-refractivity contribution in [1.82, 2.24) is 10.3 Å². The molecule has 0 aliphatic carbocycles. The third kappa shape index (κ3) is 6.19. The van der Waals surface area contributed by atoms with Crippen LogP contribution in [-0.4, -0.2) is 25.8 Å². The van der Waals surface area contributed by atoms with E-state index < -0.39 is 5.82 Å². The summed E-state index contributed by atoms with van der Waals surface area (Å²) in [6.07, 6.45) is 1.51. The highest BCUT2D eigenvalue weighted by Crippen LogP contribution is 2.31. The molecule has 0 spiro atoms. The van der Waals surface area contributed by atoms with E-state index in [2.05, 4.69) is 15.6 Å². The quantitative estimate of drug-likeness (QED) is 0.315. The lowest BCUT2D eigenvalue weighted by Crippen LogP contribution is -2.15. The fourth-order valence-corrected chi connectivity index (χ4v) is 3.53. The van der Waals surface area contributed by atoms with Crippen molar-refractivity contribution >= 4 is 30.7 Å². The van der Waals surface area contributed by atoms with Crippen molar-refractivity contribution in [3.8, 4) is 17.2 Å². The van der Waals surface area contributed by atoms with E-state index in [1.54, 1.807) is 31.4 Å². The molecule has 36 heavy (non-hydrogen) atoms. The Labute approximate surface area is 209 Å². The first-order chi connectivity index (χ1) is 17.4. The molecule has 0 aliphatic rings.